The fourth-order valence-corrected chi connectivity index (χ4v) is 3.47. The third kappa shape index (κ3) is 3.29. The van der Waals surface area contributed by atoms with Gasteiger partial charge in [-0.2, -0.15) is 5.26 Å². The van der Waals surface area contributed by atoms with Crippen molar-refractivity contribution in [1.82, 2.24) is 4.57 Å². The zero-order valence-corrected chi connectivity index (χ0v) is 16.2. The van der Waals surface area contributed by atoms with E-state index in [4.69, 9.17) is 9.47 Å². The van der Waals surface area contributed by atoms with Crippen LogP contribution in [0.15, 0.2) is 59.4 Å². The van der Waals surface area contributed by atoms with Gasteiger partial charge in [-0.05, 0) is 30.2 Å². The fourth-order valence-electron chi connectivity index (χ4n) is 3.47. The van der Waals surface area contributed by atoms with Crippen LogP contribution >= 0.6 is 0 Å². The molecule has 4 rings (SSSR count). The average molecular weight is 402 g/mol. The Labute approximate surface area is 172 Å². The minimum atomic E-state index is -1.02. The number of benzene rings is 2. The molecule has 0 radical (unpaired) electrons. The molecule has 0 amide bonds. The van der Waals surface area contributed by atoms with E-state index in [1.54, 1.807) is 48.5 Å². The minimum absolute atomic E-state index is 0.0194. The highest BCUT2D eigenvalue weighted by Crippen LogP contribution is 2.33. The van der Waals surface area contributed by atoms with Crippen LogP contribution in [-0.2, 0) is 6.54 Å². The maximum Gasteiger partial charge on any atom is 0.271 e. The summed E-state index contributed by atoms with van der Waals surface area (Å²) in [5.74, 6) is -0.114. The zero-order chi connectivity index (χ0) is 21.3. The summed E-state index contributed by atoms with van der Waals surface area (Å²) >= 11 is 0. The summed E-state index contributed by atoms with van der Waals surface area (Å²) in [6.45, 7) is 1.44. The number of aromatic nitrogens is 1. The van der Waals surface area contributed by atoms with Crippen molar-refractivity contribution < 1.29 is 19.4 Å². The monoisotopic (exact) mass is 402 g/mol. The van der Waals surface area contributed by atoms with E-state index >= 15 is 0 Å². The number of pyridine rings is 1. The van der Waals surface area contributed by atoms with Gasteiger partial charge in [0.05, 0.1) is 12.1 Å². The van der Waals surface area contributed by atoms with Crippen molar-refractivity contribution in [2.45, 2.75) is 19.6 Å². The van der Waals surface area contributed by atoms with Crippen molar-refractivity contribution in [3.05, 3.63) is 87.2 Å². The molecule has 30 heavy (non-hydrogen) atoms. The lowest BCUT2D eigenvalue weighted by Gasteiger charge is -2.26. The summed E-state index contributed by atoms with van der Waals surface area (Å²) in [5, 5.41) is 20.4. The second kappa shape index (κ2) is 7.76. The second-order valence-corrected chi connectivity index (χ2v) is 6.92. The Balaban J connectivity index is 1.78. The van der Waals surface area contributed by atoms with Crippen LogP contribution in [0.5, 0.6) is 17.4 Å². The molecule has 2 aromatic carbocycles. The molecule has 0 spiro atoms. The average Bonchev–Trinajstić information content (AvgIpc) is 2.77. The predicted octanol–water partition coefficient (Wildman–Crippen LogP) is 2.81. The summed E-state index contributed by atoms with van der Waals surface area (Å²) in [7, 11) is 0. The van der Waals surface area contributed by atoms with E-state index in [9.17, 15) is 20.0 Å². The standard InChI is InChI=1S/C23H18N2O5/c1-14-16(11-24)22(27)25(12-15-7-3-2-4-8-15)23(28)20(14)21(26)19-13-29-17-9-5-6-10-18(17)30-19/h2-10,19,28H,12-13H2,1H3. The lowest BCUT2D eigenvalue weighted by atomic mass is 9.98. The number of para-hydroxylation sites is 2. The summed E-state index contributed by atoms with van der Waals surface area (Å²) in [5.41, 5.74) is -0.0951. The number of ketones is 1. The Bertz CT molecular complexity index is 1220. The summed E-state index contributed by atoms with van der Waals surface area (Å²) < 4.78 is 12.4. The Morgan fingerprint density at radius 3 is 2.53 bits per heavy atom. The third-order valence-electron chi connectivity index (χ3n) is 5.03. The molecule has 0 saturated heterocycles. The van der Waals surface area contributed by atoms with Crippen LogP contribution in [0.4, 0.5) is 0 Å². The number of carbonyl (C=O) groups is 1. The van der Waals surface area contributed by atoms with Crippen molar-refractivity contribution in [2.75, 3.05) is 6.61 Å². The van der Waals surface area contributed by atoms with Gasteiger partial charge in [0.25, 0.3) is 5.56 Å². The molecule has 2 heterocycles. The molecule has 1 aromatic heterocycles. The zero-order valence-electron chi connectivity index (χ0n) is 16.2. The van der Waals surface area contributed by atoms with Crippen molar-refractivity contribution >= 4 is 5.78 Å². The van der Waals surface area contributed by atoms with Gasteiger partial charge in [-0.15, -0.1) is 0 Å². The van der Waals surface area contributed by atoms with Crippen molar-refractivity contribution in [3.8, 4) is 23.4 Å². The molecule has 1 unspecified atom stereocenters. The summed E-state index contributed by atoms with van der Waals surface area (Å²) in [6.07, 6.45) is -1.02. The molecular weight excluding hydrogens is 384 g/mol. The molecule has 1 aliphatic rings. The predicted molar refractivity (Wildman–Crippen MR) is 108 cm³/mol. The highest BCUT2D eigenvalue weighted by molar-refractivity contribution is 6.03. The van der Waals surface area contributed by atoms with Crippen LogP contribution in [0.2, 0.25) is 0 Å². The molecule has 0 bridgehead atoms. The van der Waals surface area contributed by atoms with Crippen molar-refractivity contribution in [1.29, 1.82) is 5.26 Å². The number of hydrogen-bond donors (Lipinski definition) is 1. The van der Waals surface area contributed by atoms with E-state index in [1.165, 1.54) is 6.92 Å². The molecule has 0 aliphatic carbocycles. The van der Waals surface area contributed by atoms with Crippen LogP contribution in [0.3, 0.4) is 0 Å². The first kappa shape index (κ1) is 19.3. The Hall–Kier alpha value is -4.05. The summed E-state index contributed by atoms with van der Waals surface area (Å²) in [4.78, 5) is 26.0. The first-order valence-corrected chi connectivity index (χ1v) is 9.34. The normalized spacial score (nSPS) is 14.7. The molecule has 0 saturated carbocycles. The molecule has 1 N–H and O–H groups in total. The first-order chi connectivity index (χ1) is 14.5. The number of nitriles is 1. The van der Waals surface area contributed by atoms with Gasteiger partial charge < -0.3 is 14.6 Å². The Morgan fingerprint density at radius 1 is 1.17 bits per heavy atom. The van der Waals surface area contributed by atoms with Crippen LogP contribution in [-0.4, -0.2) is 28.2 Å². The van der Waals surface area contributed by atoms with Gasteiger partial charge >= 0.3 is 0 Å². The number of aromatic hydroxyl groups is 1. The highest BCUT2D eigenvalue weighted by atomic mass is 16.6. The maximum atomic E-state index is 13.2. The van der Waals surface area contributed by atoms with Gasteiger partial charge in [0.15, 0.2) is 17.6 Å². The van der Waals surface area contributed by atoms with E-state index in [-0.39, 0.29) is 29.8 Å². The van der Waals surface area contributed by atoms with Crippen molar-refractivity contribution in [3.63, 3.8) is 0 Å². The van der Waals surface area contributed by atoms with E-state index in [0.717, 1.165) is 10.1 Å². The number of rotatable bonds is 4. The molecule has 1 atom stereocenters. The fraction of sp³-hybridized carbons (Fsp3) is 0.174. The second-order valence-electron chi connectivity index (χ2n) is 6.92. The quantitative estimate of drug-likeness (QED) is 0.674. The molecule has 7 heteroatoms. The van der Waals surface area contributed by atoms with Gasteiger partial charge in [0.2, 0.25) is 11.7 Å². The van der Waals surface area contributed by atoms with E-state index in [1.807, 2.05) is 12.1 Å². The molecular formula is C23H18N2O5. The van der Waals surface area contributed by atoms with Crippen LogP contribution in [0.1, 0.15) is 27.0 Å². The number of ether oxygens (including phenoxy) is 2. The lowest BCUT2D eigenvalue weighted by molar-refractivity contribution is 0.0581. The van der Waals surface area contributed by atoms with Crippen LogP contribution in [0, 0.1) is 18.3 Å². The molecule has 1 aliphatic heterocycles. The van der Waals surface area contributed by atoms with E-state index in [2.05, 4.69) is 0 Å². The van der Waals surface area contributed by atoms with Crippen molar-refractivity contribution in [2.24, 2.45) is 0 Å². The number of carbonyl (C=O) groups excluding carboxylic acids is 1. The number of hydrogen-bond acceptors (Lipinski definition) is 6. The molecule has 3 aromatic rings. The molecule has 7 nitrogen and oxygen atoms in total. The minimum Gasteiger partial charge on any atom is -0.494 e. The van der Waals surface area contributed by atoms with Gasteiger partial charge in [0.1, 0.15) is 18.2 Å². The third-order valence-corrected chi connectivity index (χ3v) is 5.03. The largest absolute Gasteiger partial charge is 0.494 e. The van der Waals surface area contributed by atoms with E-state index in [0.29, 0.717) is 11.5 Å². The maximum absolute atomic E-state index is 13.2. The SMILES string of the molecule is Cc1c(C(=O)C2COc3ccccc3O2)c(O)n(Cc2ccccc2)c(=O)c1C#N. The highest BCUT2D eigenvalue weighted by Gasteiger charge is 2.33. The van der Waals surface area contributed by atoms with Crippen LogP contribution < -0.4 is 15.0 Å². The Kier molecular flexibility index (Phi) is 4.98. The van der Waals surface area contributed by atoms with Gasteiger partial charge in [0, 0.05) is 0 Å². The number of nitrogens with zero attached hydrogens (tertiary/aromatic N) is 2. The van der Waals surface area contributed by atoms with Gasteiger partial charge in [-0.3, -0.25) is 14.2 Å². The number of fused-ring (bicyclic) bond motifs is 1. The van der Waals surface area contributed by atoms with Gasteiger partial charge in [-0.25, -0.2) is 0 Å². The lowest BCUT2D eigenvalue weighted by Crippen LogP contribution is -2.38. The first-order valence-electron chi connectivity index (χ1n) is 9.34. The van der Waals surface area contributed by atoms with Crippen LogP contribution in [0.25, 0.3) is 0 Å². The molecule has 150 valence electrons. The van der Waals surface area contributed by atoms with E-state index < -0.39 is 23.3 Å². The summed E-state index contributed by atoms with van der Waals surface area (Å²) in [6, 6.07) is 17.8. The van der Waals surface area contributed by atoms with Gasteiger partial charge in [-0.1, -0.05) is 42.5 Å². The molecule has 0 fully saturated rings. The Morgan fingerprint density at radius 2 is 1.83 bits per heavy atom. The topological polar surface area (TPSA) is 102 Å². The number of Topliss-reactive ketones (excluding diaryl/α,β-unsaturated/α-hetero) is 1. The smallest absolute Gasteiger partial charge is 0.271 e.